The van der Waals surface area contributed by atoms with Crippen LogP contribution in [0.25, 0.3) is 16.6 Å². The monoisotopic (exact) mass is 487 g/mol. The van der Waals surface area contributed by atoms with Crippen LogP contribution in [0.15, 0.2) is 45.8 Å². The van der Waals surface area contributed by atoms with Crippen molar-refractivity contribution in [2.45, 2.75) is 25.8 Å². The molecule has 0 bridgehead atoms. The van der Waals surface area contributed by atoms with Crippen molar-refractivity contribution in [2.75, 3.05) is 46.3 Å². The van der Waals surface area contributed by atoms with Crippen LogP contribution in [0.1, 0.15) is 19.3 Å². The molecule has 4 rings (SSSR count). The molecule has 31 heavy (non-hydrogen) atoms. The maximum absolute atomic E-state index is 13.0. The minimum Gasteiger partial charge on any atom is -0.356 e. The summed E-state index contributed by atoms with van der Waals surface area (Å²) < 4.78 is 4.64. The Hall–Kier alpha value is -2.16. The van der Waals surface area contributed by atoms with E-state index in [-0.39, 0.29) is 11.5 Å². The number of carbonyl (C=O) groups excluding carboxylic acids is 1. The van der Waals surface area contributed by atoms with Gasteiger partial charge in [-0.25, -0.2) is 0 Å². The highest BCUT2D eigenvalue weighted by molar-refractivity contribution is 9.10. The molecule has 3 heterocycles. The van der Waals surface area contributed by atoms with Gasteiger partial charge in [-0.3, -0.25) is 9.59 Å². The molecule has 0 saturated carbocycles. The zero-order valence-corrected chi connectivity index (χ0v) is 19.6. The molecule has 1 aromatic carbocycles. The van der Waals surface area contributed by atoms with Gasteiger partial charge in [-0.2, -0.15) is 0 Å². The van der Waals surface area contributed by atoms with E-state index < -0.39 is 0 Å². The number of hydrogen-bond acceptors (Lipinski definition) is 4. The van der Waals surface area contributed by atoms with E-state index in [2.05, 4.69) is 38.1 Å². The lowest BCUT2D eigenvalue weighted by atomic mass is 10.2. The Morgan fingerprint density at radius 2 is 1.84 bits per heavy atom. The lowest BCUT2D eigenvalue weighted by molar-refractivity contribution is -0.121. The predicted octanol–water partition coefficient (Wildman–Crippen LogP) is 2.55. The number of aromatic nitrogens is 2. The maximum atomic E-state index is 13.0. The van der Waals surface area contributed by atoms with Crippen molar-refractivity contribution in [2.24, 2.45) is 0 Å². The number of piperazine rings is 1. The van der Waals surface area contributed by atoms with Crippen LogP contribution < -0.4 is 10.9 Å². The fourth-order valence-electron chi connectivity index (χ4n) is 4.24. The standard InChI is InChI=1S/C23H30BrN5O2/c1-26-13-15-27(16-14-26)10-4-9-25-22(30)6-3-12-29-21-17-18(24)7-8-19(21)28-11-2-5-20(28)23(29)31/h2,5,7-8,11,17H,3-4,6,9-10,12-16H2,1H3,(H,25,30). The molecule has 1 amide bonds. The van der Waals surface area contributed by atoms with Crippen molar-refractivity contribution >= 4 is 38.4 Å². The number of amides is 1. The Kier molecular flexibility index (Phi) is 7.09. The van der Waals surface area contributed by atoms with Crippen molar-refractivity contribution in [3.63, 3.8) is 0 Å². The van der Waals surface area contributed by atoms with Crippen LogP contribution in [0.3, 0.4) is 0 Å². The van der Waals surface area contributed by atoms with Gasteiger partial charge in [-0.1, -0.05) is 15.9 Å². The quantitative estimate of drug-likeness (QED) is 0.496. The Labute approximate surface area is 190 Å². The van der Waals surface area contributed by atoms with Crippen molar-refractivity contribution < 1.29 is 4.79 Å². The number of carbonyl (C=O) groups is 1. The summed E-state index contributed by atoms with van der Waals surface area (Å²) in [4.78, 5) is 30.1. The molecule has 0 spiro atoms. The van der Waals surface area contributed by atoms with E-state index in [1.807, 2.05) is 40.9 Å². The molecule has 1 aliphatic heterocycles. The average Bonchev–Trinajstić information content (AvgIpc) is 3.25. The lowest BCUT2D eigenvalue weighted by Gasteiger charge is -2.32. The van der Waals surface area contributed by atoms with Crippen molar-refractivity contribution in [3.8, 4) is 0 Å². The van der Waals surface area contributed by atoms with Crippen LogP contribution in [0.4, 0.5) is 0 Å². The summed E-state index contributed by atoms with van der Waals surface area (Å²) in [7, 11) is 2.16. The molecular weight excluding hydrogens is 458 g/mol. The summed E-state index contributed by atoms with van der Waals surface area (Å²) in [5.41, 5.74) is 2.48. The summed E-state index contributed by atoms with van der Waals surface area (Å²) in [5, 5.41) is 3.03. The van der Waals surface area contributed by atoms with Gasteiger partial charge in [0.05, 0.1) is 11.0 Å². The fourth-order valence-corrected chi connectivity index (χ4v) is 4.59. The number of nitrogens with zero attached hydrogens (tertiary/aromatic N) is 4. The second-order valence-electron chi connectivity index (χ2n) is 8.31. The van der Waals surface area contributed by atoms with E-state index in [0.717, 1.165) is 54.7 Å². The SMILES string of the molecule is CN1CCN(CCCNC(=O)CCCn2c(=O)c3cccn3c3ccc(Br)cc32)CC1. The van der Waals surface area contributed by atoms with E-state index in [1.165, 1.54) is 0 Å². The van der Waals surface area contributed by atoms with Crippen LogP contribution in [0.2, 0.25) is 0 Å². The first-order valence-corrected chi connectivity index (χ1v) is 11.8. The molecule has 8 heteroatoms. The molecule has 0 unspecified atom stereocenters. The van der Waals surface area contributed by atoms with Crippen LogP contribution in [0.5, 0.6) is 0 Å². The van der Waals surface area contributed by atoms with Gasteiger partial charge in [-0.15, -0.1) is 0 Å². The Morgan fingerprint density at radius 1 is 1.03 bits per heavy atom. The van der Waals surface area contributed by atoms with Gasteiger partial charge in [0.2, 0.25) is 5.91 Å². The number of likely N-dealkylation sites (N-methyl/N-ethyl adjacent to an activating group) is 1. The molecular formula is C23H30BrN5O2. The fraction of sp³-hybridized carbons (Fsp3) is 0.478. The van der Waals surface area contributed by atoms with Gasteiger partial charge in [0.1, 0.15) is 5.52 Å². The minimum absolute atomic E-state index is 0.0248. The largest absolute Gasteiger partial charge is 0.356 e. The van der Waals surface area contributed by atoms with E-state index in [0.29, 0.717) is 31.4 Å². The number of hydrogen-bond donors (Lipinski definition) is 1. The maximum Gasteiger partial charge on any atom is 0.275 e. The molecule has 0 atom stereocenters. The zero-order valence-electron chi connectivity index (χ0n) is 18.0. The van der Waals surface area contributed by atoms with Crippen molar-refractivity contribution in [1.82, 2.24) is 24.1 Å². The summed E-state index contributed by atoms with van der Waals surface area (Å²) in [6, 6.07) is 9.68. The van der Waals surface area contributed by atoms with E-state index in [1.54, 1.807) is 4.57 Å². The van der Waals surface area contributed by atoms with Crippen LogP contribution in [0, 0.1) is 0 Å². The first-order chi connectivity index (χ1) is 15.0. The van der Waals surface area contributed by atoms with Gasteiger partial charge in [-0.05, 0) is 56.8 Å². The third kappa shape index (κ3) is 5.19. The second kappa shape index (κ2) is 9.97. The Bertz CT molecular complexity index is 1110. The lowest BCUT2D eigenvalue weighted by Crippen LogP contribution is -2.45. The highest BCUT2D eigenvalue weighted by Crippen LogP contribution is 2.20. The number of nitrogens with one attached hydrogen (secondary N) is 1. The van der Waals surface area contributed by atoms with Crippen molar-refractivity contribution in [1.29, 1.82) is 0 Å². The highest BCUT2D eigenvalue weighted by Gasteiger charge is 2.14. The van der Waals surface area contributed by atoms with Crippen LogP contribution in [-0.2, 0) is 11.3 Å². The summed E-state index contributed by atoms with van der Waals surface area (Å²) in [6.45, 7) is 6.70. The van der Waals surface area contributed by atoms with E-state index >= 15 is 0 Å². The van der Waals surface area contributed by atoms with Gasteiger partial charge in [0.25, 0.3) is 5.56 Å². The third-order valence-electron chi connectivity index (χ3n) is 6.06. The number of halogens is 1. The molecule has 3 aromatic rings. The Balaban J connectivity index is 1.30. The number of benzene rings is 1. The molecule has 0 radical (unpaired) electrons. The summed E-state index contributed by atoms with van der Waals surface area (Å²) in [6.07, 6.45) is 3.93. The minimum atomic E-state index is -0.0248. The van der Waals surface area contributed by atoms with Crippen LogP contribution in [-0.4, -0.2) is 71.0 Å². The third-order valence-corrected chi connectivity index (χ3v) is 6.55. The van der Waals surface area contributed by atoms with E-state index in [4.69, 9.17) is 0 Å². The molecule has 166 valence electrons. The number of aryl methyl sites for hydroxylation is 1. The molecule has 0 aliphatic carbocycles. The second-order valence-corrected chi connectivity index (χ2v) is 9.22. The van der Waals surface area contributed by atoms with Crippen LogP contribution >= 0.6 is 15.9 Å². The molecule has 2 aromatic heterocycles. The molecule has 1 N–H and O–H groups in total. The molecule has 1 fully saturated rings. The molecule has 1 aliphatic rings. The normalized spacial score (nSPS) is 15.7. The smallest absolute Gasteiger partial charge is 0.275 e. The highest BCUT2D eigenvalue weighted by atomic mass is 79.9. The zero-order chi connectivity index (χ0) is 21.8. The average molecular weight is 488 g/mol. The Morgan fingerprint density at radius 3 is 2.65 bits per heavy atom. The predicted molar refractivity (Wildman–Crippen MR) is 128 cm³/mol. The summed E-state index contributed by atoms with van der Waals surface area (Å²) >= 11 is 3.51. The van der Waals surface area contributed by atoms with Gasteiger partial charge in [0.15, 0.2) is 0 Å². The van der Waals surface area contributed by atoms with E-state index in [9.17, 15) is 9.59 Å². The molecule has 7 nitrogen and oxygen atoms in total. The summed E-state index contributed by atoms with van der Waals surface area (Å²) in [5.74, 6) is 0.0562. The number of fused-ring (bicyclic) bond motifs is 3. The topological polar surface area (TPSA) is 62.0 Å². The van der Waals surface area contributed by atoms with Gasteiger partial charge < -0.3 is 24.1 Å². The first-order valence-electron chi connectivity index (χ1n) is 11.0. The molecule has 1 saturated heterocycles. The first kappa shape index (κ1) is 22.0. The van der Waals surface area contributed by atoms with Crippen molar-refractivity contribution in [3.05, 3.63) is 51.4 Å². The number of rotatable bonds is 8. The van der Waals surface area contributed by atoms with Gasteiger partial charge >= 0.3 is 0 Å². The van der Waals surface area contributed by atoms with Gasteiger partial charge in [0, 0.05) is 56.4 Å².